The highest BCUT2D eigenvalue weighted by Gasteiger charge is 2.24. The van der Waals surface area contributed by atoms with Crippen molar-refractivity contribution in [3.63, 3.8) is 0 Å². The Bertz CT molecular complexity index is 349. The van der Waals surface area contributed by atoms with Crippen LogP contribution in [0, 0.1) is 5.92 Å². The van der Waals surface area contributed by atoms with Gasteiger partial charge in [0.1, 0.15) is 5.82 Å². The smallest absolute Gasteiger partial charge is 0.127 e. The summed E-state index contributed by atoms with van der Waals surface area (Å²) in [6, 6.07) is 2.02. The number of rotatable bonds is 1. The molecule has 1 aliphatic heterocycles. The van der Waals surface area contributed by atoms with Gasteiger partial charge in [-0.3, -0.25) is 0 Å². The second-order valence-electron chi connectivity index (χ2n) is 4.46. The van der Waals surface area contributed by atoms with Gasteiger partial charge in [0.05, 0.1) is 6.61 Å². The third-order valence-electron chi connectivity index (χ3n) is 3.12. The molecule has 0 aromatic carbocycles. The maximum atomic E-state index is 5.97. The van der Waals surface area contributed by atoms with Crippen LogP contribution < -0.4 is 5.73 Å². The molecule has 2 heterocycles. The molecule has 3 nitrogen and oxygen atoms in total. The van der Waals surface area contributed by atoms with E-state index in [-0.39, 0.29) is 0 Å². The molecule has 1 aliphatic rings. The molecule has 1 atom stereocenters. The summed E-state index contributed by atoms with van der Waals surface area (Å²) in [4.78, 5) is 4.19. The van der Waals surface area contributed by atoms with E-state index in [0.717, 1.165) is 13.0 Å². The third kappa shape index (κ3) is 1.97. The van der Waals surface area contributed by atoms with E-state index in [1.54, 1.807) is 6.20 Å². The summed E-state index contributed by atoms with van der Waals surface area (Å²) in [5.74, 6) is 1.74. The van der Waals surface area contributed by atoms with E-state index in [0.29, 0.717) is 24.3 Å². The molecule has 15 heavy (non-hydrogen) atoms. The lowest BCUT2D eigenvalue weighted by Gasteiger charge is -2.21. The topological polar surface area (TPSA) is 48.1 Å². The van der Waals surface area contributed by atoms with Crippen molar-refractivity contribution in [2.75, 3.05) is 12.3 Å². The van der Waals surface area contributed by atoms with E-state index in [2.05, 4.69) is 18.8 Å². The minimum absolute atomic E-state index is 0.483. The number of aromatic nitrogens is 1. The molecule has 0 aliphatic carbocycles. The number of nitrogen functional groups attached to an aromatic ring is 1. The Morgan fingerprint density at radius 1 is 1.53 bits per heavy atom. The average Bonchev–Trinajstić information content (AvgIpc) is 2.40. The van der Waals surface area contributed by atoms with Gasteiger partial charge in [-0.05, 0) is 29.9 Å². The molecule has 0 saturated carbocycles. The van der Waals surface area contributed by atoms with Crippen molar-refractivity contribution >= 4 is 5.82 Å². The van der Waals surface area contributed by atoms with Crippen molar-refractivity contribution in [3.8, 4) is 0 Å². The molecule has 0 bridgehead atoms. The molecule has 2 N–H and O–H groups in total. The first-order valence-corrected chi connectivity index (χ1v) is 5.51. The number of nitrogens with two attached hydrogens (primary N) is 1. The molecule has 1 aromatic heterocycles. The molecule has 0 saturated heterocycles. The quantitative estimate of drug-likeness (QED) is 0.767. The standard InChI is InChI=1S/C12H18N2O/c1-8(2)10-4-6-15-7-9-3-5-14-12(13)11(9)10/h3,5,8,10H,4,6-7H2,1-2H3,(H2,13,14). The van der Waals surface area contributed by atoms with Gasteiger partial charge in [0.2, 0.25) is 0 Å². The Labute approximate surface area is 90.7 Å². The van der Waals surface area contributed by atoms with E-state index in [1.165, 1.54) is 11.1 Å². The Hall–Kier alpha value is -1.09. The first-order valence-electron chi connectivity index (χ1n) is 5.51. The molecule has 3 heteroatoms. The van der Waals surface area contributed by atoms with Gasteiger partial charge in [-0.15, -0.1) is 0 Å². The van der Waals surface area contributed by atoms with Gasteiger partial charge >= 0.3 is 0 Å². The predicted molar refractivity (Wildman–Crippen MR) is 60.5 cm³/mol. The Morgan fingerprint density at radius 2 is 2.33 bits per heavy atom. The van der Waals surface area contributed by atoms with Crippen LogP contribution in [-0.2, 0) is 11.3 Å². The summed E-state index contributed by atoms with van der Waals surface area (Å²) in [5, 5.41) is 0. The first kappa shape index (κ1) is 10.4. The van der Waals surface area contributed by atoms with Crippen LogP contribution in [0.5, 0.6) is 0 Å². The zero-order chi connectivity index (χ0) is 10.8. The minimum atomic E-state index is 0.483. The number of pyridine rings is 1. The predicted octanol–water partition coefficient (Wildman–Crippen LogP) is 2.32. The highest BCUT2D eigenvalue weighted by molar-refractivity contribution is 5.47. The summed E-state index contributed by atoms with van der Waals surface area (Å²) in [7, 11) is 0. The highest BCUT2D eigenvalue weighted by Crippen LogP contribution is 2.35. The fourth-order valence-corrected chi connectivity index (χ4v) is 2.29. The van der Waals surface area contributed by atoms with Crippen LogP contribution in [0.4, 0.5) is 5.82 Å². The van der Waals surface area contributed by atoms with Gasteiger partial charge in [0.25, 0.3) is 0 Å². The fourth-order valence-electron chi connectivity index (χ4n) is 2.29. The molecular weight excluding hydrogens is 188 g/mol. The molecule has 0 fully saturated rings. The van der Waals surface area contributed by atoms with Crippen molar-refractivity contribution in [2.45, 2.75) is 32.8 Å². The van der Waals surface area contributed by atoms with Crippen molar-refractivity contribution in [1.29, 1.82) is 0 Å². The summed E-state index contributed by atoms with van der Waals surface area (Å²) < 4.78 is 5.57. The maximum absolute atomic E-state index is 5.97. The van der Waals surface area contributed by atoms with Crippen LogP contribution in [-0.4, -0.2) is 11.6 Å². The lowest BCUT2D eigenvalue weighted by Crippen LogP contribution is -2.12. The number of fused-ring (bicyclic) bond motifs is 1. The van der Waals surface area contributed by atoms with Gasteiger partial charge in [0.15, 0.2) is 0 Å². The zero-order valence-electron chi connectivity index (χ0n) is 9.36. The van der Waals surface area contributed by atoms with Crippen molar-refractivity contribution in [3.05, 3.63) is 23.4 Å². The molecular formula is C12H18N2O. The van der Waals surface area contributed by atoms with Gasteiger partial charge < -0.3 is 10.5 Å². The average molecular weight is 206 g/mol. The first-order chi connectivity index (χ1) is 7.20. The third-order valence-corrected chi connectivity index (χ3v) is 3.12. The second-order valence-corrected chi connectivity index (χ2v) is 4.46. The highest BCUT2D eigenvalue weighted by atomic mass is 16.5. The molecule has 0 spiro atoms. The fraction of sp³-hybridized carbons (Fsp3) is 0.583. The Balaban J connectivity index is 2.47. The van der Waals surface area contributed by atoms with Gasteiger partial charge in [0, 0.05) is 18.4 Å². The SMILES string of the molecule is CC(C)C1CCOCc2ccnc(N)c21. The molecule has 1 aromatic rings. The minimum Gasteiger partial charge on any atom is -0.383 e. The summed E-state index contributed by atoms with van der Waals surface area (Å²) in [6.45, 7) is 5.95. The zero-order valence-corrected chi connectivity index (χ0v) is 9.36. The van der Waals surface area contributed by atoms with Crippen molar-refractivity contribution in [2.24, 2.45) is 5.92 Å². The monoisotopic (exact) mass is 206 g/mol. The van der Waals surface area contributed by atoms with Crippen LogP contribution in [0.3, 0.4) is 0 Å². The molecule has 1 unspecified atom stereocenters. The van der Waals surface area contributed by atoms with Gasteiger partial charge in [-0.2, -0.15) is 0 Å². The van der Waals surface area contributed by atoms with E-state index in [1.807, 2.05) is 6.07 Å². The lowest BCUT2D eigenvalue weighted by molar-refractivity contribution is 0.119. The van der Waals surface area contributed by atoms with E-state index < -0.39 is 0 Å². The summed E-state index contributed by atoms with van der Waals surface area (Å²) >= 11 is 0. The maximum Gasteiger partial charge on any atom is 0.127 e. The lowest BCUT2D eigenvalue weighted by atomic mass is 9.84. The Morgan fingerprint density at radius 3 is 3.07 bits per heavy atom. The summed E-state index contributed by atoms with van der Waals surface area (Å²) in [5.41, 5.74) is 8.39. The van der Waals surface area contributed by atoms with E-state index in [4.69, 9.17) is 10.5 Å². The molecule has 2 rings (SSSR count). The van der Waals surface area contributed by atoms with Gasteiger partial charge in [-0.1, -0.05) is 13.8 Å². The Kier molecular flexibility index (Phi) is 2.91. The van der Waals surface area contributed by atoms with Crippen LogP contribution in [0.25, 0.3) is 0 Å². The van der Waals surface area contributed by atoms with Crippen LogP contribution >= 0.6 is 0 Å². The van der Waals surface area contributed by atoms with Crippen molar-refractivity contribution in [1.82, 2.24) is 4.98 Å². The number of ether oxygens (including phenoxy) is 1. The van der Waals surface area contributed by atoms with E-state index in [9.17, 15) is 0 Å². The van der Waals surface area contributed by atoms with Crippen LogP contribution in [0.2, 0.25) is 0 Å². The van der Waals surface area contributed by atoms with Crippen LogP contribution in [0.1, 0.15) is 37.3 Å². The van der Waals surface area contributed by atoms with Gasteiger partial charge in [-0.25, -0.2) is 4.98 Å². The van der Waals surface area contributed by atoms with Crippen LogP contribution in [0.15, 0.2) is 12.3 Å². The molecule has 82 valence electrons. The number of nitrogens with zero attached hydrogens (tertiary/aromatic N) is 1. The van der Waals surface area contributed by atoms with Crippen molar-refractivity contribution < 1.29 is 4.74 Å². The summed E-state index contributed by atoms with van der Waals surface area (Å²) in [6.07, 6.45) is 2.81. The number of hydrogen-bond acceptors (Lipinski definition) is 3. The second kappa shape index (κ2) is 4.19. The number of anilines is 1. The molecule has 0 radical (unpaired) electrons. The van der Waals surface area contributed by atoms with E-state index >= 15 is 0 Å². The number of hydrogen-bond donors (Lipinski definition) is 1. The largest absolute Gasteiger partial charge is 0.383 e. The normalized spacial score (nSPS) is 21.1. The molecule has 0 amide bonds.